The topological polar surface area (TPSA) is 85.8 Å². The van der Waals surface area contributed by atoms with Gasteiger partial charge >= 0.3 is 6.03 Å². The lowest BCUT2D eigenvalue weighted by molar-refractivity contribution is -0.123. The summed E-state index contributed by atoms with van der Waals surface area (Å²) in [5, 5.41) is 4.43. The van der Waals surface area contributed by atoms with E-state index in [1.807, 2.05) is 53.4 Å². The molecule has 8 heteroatoms. The fourth-order valence-corrected chi connectivity index (χ4v) is 6.67. The summed E-state index contributed by atoms with van der Waals surface area (Å²) in [6.45, 7) is 8.97. The van der Waals surface area contributed by atoms with E-state index in [4.69, 9.17) is 0 Å². The van der Waals surface area contributed by atoms with E-state index in [1.54, 1.807) is 24.9 Å². The summed E-state index contributed by atoms with van der Waals surface area (Å²) in [6.07, 6.45) is 7.64. The summed E-state index contributed by atoms with van der Waals surface area (Å²) < 4.78 is 0. The van der Waals surface area contributed by atoms with Gasteiger partial charge in [-0.05, 0) is 62.1 Å². The van der Waals surface area contributed by atoms with Crippen molar-refractivity contribution in [2.45, 2.75) is 83.3 Å². The van der Waals surface area contributed by atoms with Gasteiger partial charge in [0.2, 0.25) is 5.91 Å². The average molecular weight is 554 g/mol. The Morgan fingerprint density at radius 3 is 2.54 bits per heavy atom. The molecule has 1 aromatic heterocycles. The maximum absolute atomic E-state index is 13.9. The van der Waals surface area contributed by atoms with Crippen LogP contribution in [0, 0.1) is 0 Å². The van der Waals surface area contributed by atoms with E-state index in [-0.39, 0.29) is 36.3 Å². The molecule has 2 aliphatic heterocycles. The van der Waals surface area contributed by atoms with E-state index in [1.165, 1.54) is 24.2 Å². The minimum absolute atomic E-state index is 0.0187. The smallest absolute Gasteiger partial charge is 0.310 e. The number of anilines is 2. The van der Waals surface area contributed by atoms with Crippen LogP contribution < -0.4 is 15.1 Å². The van der Waals surface area contributed by atoms with Crippen LogP contribution >= 0.6 is 0 Å². The molecule has 214 valence electrons. The molecule has 1 N–H and O–H groups in total. The zero-order chi connectivity index (χ0) is 28.9. The van der Waals surface area contributed by atoms with E-state index < -0.39 is 5.54 Å². The number of fused-ring (bicyclic) bond motifs is 2. The fourth-order valence-electron chi connectivity index (χ4n) is 6.67. The van der Waals surface area contributed by atoms with Gasteiger partial charge < -0.3 is 15.1 Å². The number of rotatable bonds is 6. The Kier molecular flexibility index (Phi) is 6.85. The predicted octanol–water partition coefficient (Wildman–Crippen LogP) is 5.53. The molecular weight excluding hydrogens is 514 g/mol. The normalized spacial score (nSPS) is 20.2. The number of carbonyl (C=O) groups excluding carboxylic acids is 3. The largest absolute Gasteiger partial charge is 0.332 e. The van der Waals surface area contributed by atoms with Crippen molar-refractivity contribution in [2.24, 2.45) is 0 Å². The highest BCUT2D eigenvalue weighted by Gasteiger charge is 2.52. The summed E-state index contributed by atoms with van der Waals surface area (Å²) in [5.74, 6) is -0.264. The highest BCUT2D eigenvalue weighted by atomic mass is 16.2. The number of carbonyl (C=O) groups is 3. The first-order chi connectivity index (χ1) is 19.6. The summed E-state index contributed by atoms with van der Waals surface area (Å²) in [5.41, 5.74) is 2.82. The minimum Gasteiger partial charge on any atom is -0.310 e. The fraction of sp³-hybridized carbons (Fsp3) is 0.455. The molecule has 1 aliphatic carbocycles. The van der Waals surface area contributed by atoms with Crippen molar-refractivity contribution in [1.82, 2.24) is 15.2 Å². The first-order valence-corrected chi connectivity index (χ1v) is 14.7. The number of hydrogen-bond donors (Lipinski definition) is 1. The molecule has 0 spiro atoms. The lowest BCUT2D eigenvalue weighted by Crippen LogP contribution is -2.43. The molecule has 3 aliphatic rings. The summed E-state index contributed by atoms with van der Waals surface area (Å²) in [7, 11) is 0. The lowest BCUT2D eigenvalue weighted by atomic mass is 9.87. The van der Waals surface area contributed by atoms with Crippen LogP contribution in [-0.2, 0) is 21.5 Å². The second-order valence-electron chi connectivity index (χ2n) is 12.8. The van der Waals surface area contributed by atoms with Crippen molar-refractivity contribution in [3.05, 3.63) is 65.9 Å². The first-order valence-electron chi connectivity index (χ1n) is 14.7. The molecule has 0 bridgehead atoms. The van der Waals surface area contributed by atoms with Crippen LogP contribution in [-0.4, -0.2) is 52.4 Å². The molecule has 0 unspecified atom stereocenters. The highest BCUT2D eigenvalue weighted by Crippen LogP contribution is 2.44. The molecule has 3 heterocycles. The maximum Gasteiger partial charge on any atom is 0.332 e. The second-order valence-corrected chi connectivity index (χ2v) is 12.8. The first kappa shape index (κ1) is 27.4. The van der Waals surface area contributed by atoms with Crippen molar-refractivity contribution in [3.63, 3.8) is 0 Å². The summed E-state index contributed by atoms with van der Waals surface area (Å²) in [4.78, 5) is 50.3. The molecule has 41 heavy (non-hydrogen) atoms. The average Bonchev–Trinajstić information content (AvgIpc) is 3.33. The zero-order valence-electron chi connectivity index (χ0n) is 24.4. The van der Waals surface area contributed by atoms with E-state index in [0.717, 1.165) is 40.6 Å². The highest BCUT2D eigenvalue weighted by molar-refractivity contribution is 6.23. The summed E-state index contributed by atoms with van der Waals surface area (Å²) in [6, 6.07) is 15.4. The quantitative estimate of drug-likeness (QED) is 0.406. The molecule has 1 saturated carbocycles. The Balaban J connectivity index is 1.28. The number of hydrogen-bond acceptors (Lipinski definition) is 5. The van der Waals surface area contributed by atoms with Gasteiger partial charge in [0.1, 0.15) is 5.54 Å². The Morgan fingerprint density at radius 1 is 1.00 bits per heavy atom. The van der Waals surface area contributed by atoms with Crippen LogP contribution in [0.25, 0.3) is 10.9 Å². The molecule has 1 saturated heterocycles. The van der Waals surface area contributed by atoms with Crippen LogP contribution in [0.1, 0.15) is 70.9 Å². The molecule has 3 aromatic rings. The third-order valence-corrected chi connectivity index (χ3v) is 9.15. The van der Waals surface area contributed by atoms with Crippen LogP contribution in [0.2, 0.25) is 0 Å². The van der Waals surface area contributed by atoms with Crippen LogP contribution in [0.3, 0.4) is 0 Å². The van der Waals surface area contributed by atoms with Gasteiger partial charge in [-0.2, -0.15) is 0 Å². The summed E-state index contributed by atoms with van der Waals surface area (Å²) >= 11 is 0. The molecule has 4 amide bonds. The maximum atomic E-state index is 13.9. The van der Waals surface area contributed by atoms with Gasteiger partial charge in [0.25, 0.3) is 5.91 Å². The monoisotopic (exact) mass is 553 g/mol. The van der Waals surface area contributed by atoms with Crippen molar-refractivity contribution >= 4 is 40.1 Å². The van der Waals surface area contributed by atoms with Gasteiger partial charge in [0, 0.05) is 41.8 Å². The molecule has 2 fully saturated rings. The van der Waals surface area contributed by atoms with Crippen LogP contribution in [0.5, 0.6) is 0 Å². The lowest BCUT2D eigenvalue weighted by Gasteiger charge is -2.28. The Hall–Kier alpha value is -3.78. The number of pyridine rings is 1. The zero-order valence-corrected chi connectivity index (χ0v) is 24.4. The van der Waals surface area contributed by atoms with Crippen LogP contribution in [0.15, 0.2) is 54.7 Å². The molecule has 6 rings (SSSR count). The third-order valence-electron chi connectivity index (χ3n) is 9.15. The molecule has 0 radical (unpaired) electrons. The minimum atomic E-state index is -1.04. The van der Waals surface area contributed by atoms with Gasteiger partial charge in [-0.1, -0.05) is 57.4 Å². The SMILES string of the molecule is CC1(C)CN(C(=O)CNC2CCCCC2)c2cc(N3C(=O)N(Cc4ccnc5ccccc45)C(C)(C)C3=O)ccc21. The van der Waals surface area contributed by atoms with Gasteiger partial charge in [-0.15, -0.1) is 0 Å². The van der Waals surface area contributed by atoms with E-state index >= 15 is 0 Å². The number of amides is 4. The number of para-hydroxylation sites is 1. The predicted molar refractivity (Wildman–Crippen MR) is 161 cm³/mol. The molecule has 8 nitrogen and oxygen atoms in total. The Labute approximate surface area is 241 Å². The van der Waals surface area contributed by atoms with Crippen molar-refractivity contribution in [1.29, 1.82) is 0 Å². The van der Waals surface area contributed by atoms with Gasteiger partial charge in [-0.3, -0.25) is 14.6 Å². The number of urea groups is 1. The van der Waals surface area contributed by atoms with Crippen molar-refractivity contribution < 1.29 is 14.4 Å². The van der Waals surface area contributed by atoms with Crippen LogP contribution in [0.4, 0.5) is 16.2 Å². The Bertz CT molecular complexity index is 1520. The van der Waals surface area contributed by atoms with E-state index in [2.05, 4.69) is 24.1 Å². The second kappa shape index (κ2) is 10.2. The standard InChI is InChI=1S/C33H39N5O3/c1-32(2)21-36(29(39)19-35-23-10-6-5-7-11-23)28-18-24(14-15-26(28)32)38-30(40)33(3,4)37(31(38)41)20-22-16-17-34-27-13-9-8-12-25(22)27/h8-9,12-18,23,35H,5-7,10-11,19-21H2,1-4H3. The number of nitrogens with one attached hydrogen (secondary N) is 1. The van der Waals surface area contributed by atoms with Crippen molar-refractivity contribution in [2.75, 3.05) is 22.9 Å². The van der Waals surface area contributed by atoms with Gasteiger partial charge in [0.05, 0.1) is 17.7 Å². The Morgan fingerprint density at radius 2 is 1.76 bits per heavy atom. The molecule has 2 aromatic carbocycles. The number of aromatic nitrogens is 1. The number of imide groups is 1. The van der Waals surface area contributed by atoms with Gasteiger partial charge in [-0.25, -0.2) is 9.69 Å². The number of benzene rings is 2. The van der Waals surface area contributed by atoms with E-state index in [0.29, 0.717) is 18.3 Å². The third kappa shape index (κ3) is 4.78. The number of nitrogens with zero attached hydrogens (tertiary/aromatic N) is 4. The van der Waals surface area contributed by atoms with E-state index in [9.17, 15) is 14.4 Å². The molecular formula is C33H39N5O3. The van der Waals surface area contributed by atoms with Gasteiger partial charge in [0.15, 0.2) is 0 Å². The van der Waals surface area contributed by atoms with Crippen molar-refractivity contribution in [3.8, 4) is 0 Å². The molecule has 0 atom stereocenters.